The summed E-state index contributed by atoms with van der Waals surface area (Å²) in [7, 11) is -3.46. The summed E-state index contributed by atoms with van der Waals surface area (Å²) in [6, 6.07) is 6.65. The molecule has 4 rings (SSSR count). The standard InChI is InChI=1S/C24H33N3O4S/c28-23(13-8-18-6-11-22(12-7-18)32(30,31)26-21-9-10-21)25-20-14-16-27(17-15-20)24(29)19-4-2-1-3-5-19/h6-8,11-13,19-21,26H,1-5,9-10,14-17H2,(H,25,28)/b13-8+. The van der Waals surface area contributed by atoms with Crippen molar-refractivity contribution in [3.8, 4) is 0 Å². The number of amides is 2. The number of carbonyl (C=O) groups is 2. The number of nitrogens with one attached hydrogen (secondary N) is 2. The summed E-state index contributed by atoms with van der Waals surface area (Å²) in [5.41, 5.74) is 0.762. The molecule has 1 aromatic rings. The molecular weight excluding hydrogens is 426 g/mol. The Morgan fingerprint density at radius 1 is 0.875 bits per heavy atom. The van der Waals surface area contributed by atoms with E-state index < -0.39 is 10.0 Å². The molecule has 3 fully saturated rings. The van der Waals surface area contributed by atoms with Gasteiger partial charge in [-0.05, 0) is 62.3 Å². The number of benzene rings is 1. The highest BCUT2D eigenvalue weighted by Gasteiger charge is 2.29. The third-order valence-electron chi connectivity index (χ3n) is 6.62. The van der Waals surface area contributed by atoms with Gasteiger partial charge in [0.25, 0.3) is 0 Å². The SMILES string of the molecule is O=C(/C=C/c1ccc(S(=O)(=O)NC2CC2)cc1)NC1CCN(C(=O)C2CCCCC2)CC1. The quantitative estimate of drug-likeness (QED) is 0.613. The van der Waals surface area contributed by atoms with E-state index in [2.05, 4.69) is 10.0 Å². The van der Waals surface area contributed by atoms with Gasteiger partial charge < -0.3 is 10.2 Å². The van der Waals surface area contributed by atoms with E-state index in [0.29, 0.717) is 19.0 Å². The van der Waals surface area contributed by atoms with Gasteiger partial charge in [-0.1, -0.05) is 31.4 Å². The van der Waals surface area contributed by atoms with Gasteiger partial charge in [-0.2, -0.15) is 0 Å². The molecule has 1 saturated heterocycles. The molecule has 3 aliphatic rings. The van der Waals surface area contributed by atoms with Gasteiger partial charge in [0, 0.05) is 37.2 Å². The Labute approximate surface area is 190 Å². The molecule has 0 aromatic heterocycles. The van der Waals surface area contributed by atoms with Crippen LogP contribution in [-0.2, 0) is 19.6 Å². The molecular formula is C24H33N3O4S. The van der Waals surface area contributed by atoms with Crippen LogP contribution in [0.15, 0.2) is 35.2 Å². The molecule has 0 radical (unpaired) electrons. The van der Waals surface area contributed by atoms with Crippen LogP contribution in [0.1, 0.15) is 63.4 Å². The van der Waals surface area contributed by atoms with Crippen molar-refractivity contribution >= 4 is 27.9 Å². The number of nitrogens with zero attached hydrogens (tertiary/aromatic N) is 1. The first-order chi connectivity index (χ1) is 15.4. The second-order valence-corrected chi connectivity index (χ2v) is 11.0. The number of hydrogen-bond acceptors (Lipinski definition) is 4. The second-order valence-electron chi connectivity index (χ2n) is 9.24. The van der Waals surface area contributed by atoms with Crippen LogP contribution in [-0.4, -0.2) is 50.3 Å². The third-order valence-corrected chi connectivity index (χ3v) is 8.16. The fraction of sp³-hybridized carbons (Fsp3) is 0.583. The van der Waals surface area contributed by atoms with Crippen LogP contribution in [0.4, 0.5) is 0 Å². The van der Waals surface area contributed by atoms with Gasteiger partial charge in [0.15, 0.2) is 0 Å². The van der Waals surface area contributed by atoms with Crippen LogP contribution < -0.4 is 10.0 Å². The molecule has 2 amide bonds. The van der Waals surface area contributed by atoms with Crippen molar-refractivity contribution in [2.75, 3.05) is 13.1 Å². The van der Waals surface area contributed by atoms with Crippen molar-refractivity contribution in [3.05, 3.63) is 35.9 Å². The third kappa shape index (κ3) is 6.19. The van der Waals surface area contributed by atoms with Crippen LogP contribution in [0, 0.1) is 5.92 Å². The van der Waals surface area contributed by atoms with Gasteiger partial charge in [-0.15, -0.1) is 0 Å². The molecule has 0 unspecified atom stereocenters. The van der Waals surface area contributed by atoms with E-state index in [9.17, 15) is 18.0 Å². The zero-order chi connectivity index (χ0) is 22.6. The summed E-state index contributed by atoms with van der Waals surface area (Å²) in [6.45, 7) is 1.41. The lowest BCUT2D eigenvalue weighted by Gasteiger charge is -2.35. The molecule has 1 heterocycles. The van der Waals surface area contributed by atoms with E-state index in [0.717, 1.165) is 56.9 Å². The largest absolute Gasteiger partial charge is 0.350 e. The van der Waals surface area contributed by atoms with Gasteiger partial charge in [-0.25, -0.2) is 13.1 Å². The van der Waals surface area contributed by atoms with Gasteiger partial charge in [0.2, 0.25) is 21.8 Å². The molecule has 7 nitrogen and oxygen atoms in total. The van der Waals surface area contributed by atoms with Crippen LogP contribution in [0.5, 0.6) is 0 Å². The van der Waals surface area contributed by atoms with Crippen LogP contribution in [0.3, 0.4) is 0 Å². The molecule has 0 spiro atoms. The monoisotopic (exact) mass is 459 g/mol. The first-order valence-electron chi connectivity index (χ1n) is 11.8. The van der Waals surface area contributed by atoms with Crippen LogP contribution in [0.25, 0.3) is 6.08 Å². The molecule has 32 heavy (non-hydrogen) atoms. The maximum atomic E-state index is 12.7. The maximum Gasteiger partial charge on any atom is 0.244 e. The summed E-state index contributed by atoms with van der Waals surface area (Å²) in [5, 5.41) is 3.02. The topological polar surface area (TPSA) is 95.6 Å². The van der Waals surface area contributed by atoms with E-state index in [1.807, 2.05) is 4.90 Å². The minimum atomic E-state index is -3.46. The lowest BCUT2D eigenvalue weighted by atomic mass is 9.87. The normalized spacial score (nSPS) is 21.1. The van der Waals surface area contributed by atoms with Crippen molar-refractivity contribution in [2.45, 2.75) is 74.8 Å². The molecule has 2 N–H and O–H groups in total. The predicted octanol–water partition coefficient (Wildman–Crippen LogP) is 2.83. The number of carbonyl (C=O) groups excluding carboxylic acids is 2. The Hall–Kier alpha value is -2.19. The van der Waals surface area contributed by atoms with Gasteiger partial charge in [0.1, 0.15) is 0 Å². The van der Waals surface area contributed by atoms with Crippen molar-refractivity contribution in [1.82, 2.24) is 14.9 Å². The zero-order valence-corrected chi connectivity index (χ0v) is 19.3. The summed E-state index contributed by atoms with van der Waals surface area (Å²) in [6.07, 6.45) is 12.1. The zero-order valence-electron chi connectivity index (χ0n) is 18.5. The highest BCUT2D eigenvalue weighted by molar-refractivity contribution is 7.89. The number of sulfonamides is 1. The number of rotatable bonds is 7. The molecule has 1 aromatic carbocycles. The first-order valence-corrected chi connectivity index (χ1v) is 13.3. The Morgan fingerprint density at radius 3 is 2.16 bits per heavy atom. The molecule has 0 bridgehead atoms. The minimum Gasteiger partial charge on any atom is -0.350 e. The van der Waals surface area contributed by atoms with Crippen LogP contribution >= 0.6 is 0 Å². The molecule has 0 atom stereocenters. The van der Waals surface area contributed by atoms with Gasteiger partial charge >= 0.3 is 0 Å². The smallest absolute Gasteiger partial charge is 0.244 e. The first kappa shape index (κ1) is 23.0. The summed E-state index contributed by atoms with van der Waals surface area (Å²) in [5.74, 6) is 0.324. The summed E-state index contributed by atoms with van der Waals surface area (Å²) < 4.78 is 27.1. The molecule has 174 valence electrons. The average Bonchev–Trinajstić information content (AvgIpc) is 3.62. The van der Waals surface area contributed by atoms with E-state index >= 15 is 0 Å². The number of likely N-dealkylation sites (tertiary alicyclic amines) is 1. The average molecular weight is 460 g/mol. The van der Waals surface area contributed by atoms with Crippen molar-refractivity contribution < 1.29 is 18.0 Å². The summed E-state index contributed by atoms with van der Waals surface area (Å²) >= 11 is 0. The van der Waals surface area contributed by atoms with Crippen LogP contribution in [0.2, 0.25) is 0 Å². The van der Waals surface area contributed by atoms with Crippen molar-refractivity contribution in [2.24, 2.45) is 5.92 Å². The molecule has 8 heteroatoms. The molecule has 2 aliphatic carbocycles. The number of piperidine rings is 1. The molecule has 1 aliphatic heterocycles. The fourth-order valence-corrected chi connectivity index (χ4v) is 5.82. The van der Waals surface area contributed by atoms with Crippen molar-refractivity contribution in [1.29, 1.82) is 0 Å². The van der Waals surface area contributed by atoms with E-state index in [1.54, 1.807) is 30.3 Å². The maximum absolute atomic E-state index is 12.7. The summed E-state index contributed by atoms with van der Waals surface area (Å²) in [4.78, 5) is 27.2. The Morgan fingerprint density at radius 2 is 1.53 bits per heavy atom. The van der Waals surface area contributed by atoms with Gasteiger partial charge in [-0.3, -0.25) is 9.59 Å². The Kier molecular flexibility index (Phi) is 7.30. The minimum absolute atomic E-state index is 0.0699. The fourth-order valence-electron chi connectivity index (χ4n) is 4.52. The van der Waals surface area contributed by atoms with E-state index in [1.165, 1.54) is 12.5 Å². The predicted molar refractivity (Wildman–Crippen MR) is 123 cm³/mol. The molecule has 2 saturated carbocycles. The lowest BCUT2D eigenvalue weighted by Crippen LogP contribution is -2.48. The highest BCUT2D eigenvalue weighted by Crippen LogP contribution is 2.26. The second kappa shape index (κ2) is 10.2. The van der Waals surface area contributed by atoms with Crippen molar-refractivity contribution in [3.63, 3.8) is 0 Å². The lowest BCUT2D eigenvalue weighted by molar-refractivity contribution is -0.137. The Bertz CT molecular complexity index is 940. The van der Waals surface area contributed by atoms with E-state index in [4.69, 9.17) is 0 Å². The number of hydrogen-bond donors (Lipinski definition) is 2. The Balaban J connectivity index is 1.22. The van der Waals surface area contributed by atoms with Gasteiger partial charge in [0.05, 0.1) is 4.90 Å². The highest BCUT2D eigenvalue weighted by atomic mass is 32.2. The van der Waals surface area contributed by atoms with E-state index in [-0.39, 0.29) is 28.8 Å².